The maximum Gasteiger partial charge on any atom is 0.573 e. The summed E-state index contributed by atoms with van der Waals surface area (Å²) < 4.78 is 41.0. The van der Waals surface area contributed by atoms with E-state index in [1.54, 1.807) is 6.92 Å². The zero-order valence-corrected chi connectivity index (χ0v) is 12.4. The van der Waals surface area contributed by atoms with Gasteiger partial charge in [-0.25, -0.2) is 0 Å². The van der Waals surface area contributed by atoms with E-state index in [0.29, 0.717) is 0 Å². The van der Waals surface area contributed by atoms with Gasteiger partial charge >= 0.3 is 6.36 Å². The van der Waals surface area contributed by atoms with E-state index < -0.39 is 6.36 Å². The molecule has 0 unspecified atom stereocenters. The summed E-state index contributed by atoms with van der Waals surface area (Å²) in [5.41, 5.74) is 1.49. The number of halogens is 3. The van der Waals surface area contributed by atoms with Crippen molar-refractivity contribution in [1.82, 2.24) is 4.90 Å². The molecule has 1 aliphatic heterocycles. The summed E-state index contributed by atoms with van der Waals surface area (Å²) in [5, 5.41) is 0. The summed E-state index contributed by atoms with van der Waals surface area (Å²) in [7, 11) is 1.89. The number of hydrogen-bond donors (Lipinski definition) is 0. The molecule has 1 aliphatic rings. The normalized spacial score (nSPS) is 16.2. The SMILES string of the molecule is Cc1cc(OC(F)(F)F)cc(N(C)CCN2CCCC2)c1. The van der Waals surface area contributed by atoms with Crippen molar-refractivity contribution < 1.29 is 17.9 Å². The van der Waals surface area contributed by atoms with E-state index in [0.717, 1.165) is 37.4 Å². The molecule has 21 heavy (non-hydrogen) atoms. The van der Waals surface area contributed by atoms with E-state index in [4.69, 9.17) is 0 Å². The second-order valence-corrected chi connectivity index (χ2v) is 5.52. The molecule has 1 saturated heterocycles. The van der Waals surface area contributed by atoms with Crippen molar-refractivity contribution in [2.75, 3.05) is 38.1 Å². The van der Waals surface area contributed by atoms with Gasteiger partial charge in [0.05, 0.1) is 0 Å². The van der Waals surface area contributed by atoms with E-state index in [2.05, 4.69) is 9.64 Å². The Labute approximate surface area is 123 Å². The molecule has 0 amide bonds. The molecule has 1 aromatic rings. The summed E-state index contributed by atoms with van der Waals surface area (Å²) in [6.45, 7) is 5.71. The Hall–Kier alpha value is -1.43. The van der Waals surface area contributed by atoms with Crippen LogP contribution in [0.4, 0.5) is 18.9 Å². The molecule has 0 radical (unpaired) electrons. The van der Waals surface area contributed by atoms with Crippen molar-refractivity contribution in [3.63, 3.8) is 0 Å². The first-order valence-electron chi connectivity index (χ1n) is 7.14. The summed E-state index contributed by atoms with van der Waals surface area (Å²) in [6.07, 6.45) is -2.19. The van der Waals surface area contributed by atoms with Gasteiger partial charge in [0.2, 0.25) is 0 Å². The third kappa shape index (κ3) is 5.12. The lowest BCUT2D eigenvalue weighted by Crippen LogP contribution is -2.31. The first kappa shape index (κ1) is 15.9. The summed E-state index contributed by atoms with van der Waals surface area (Å²) in [6, 6.07) is 4.70. The van der Waals surface area contributed by atoms with Gasteiger partial charge in [0.15, 0.2) is 0 Å². The monoisotopic (exact) mass is 302 g/mol. The minimum Gasteiger partial charge on any atom is -0.406 e. The van der Waals surface area contributed by atoms with Crippen LogP contribution < -0.4 is 9.64 Å². The van der Waals surface area contributed by atoms with Gasteiger partial charge in [0, 0.05) is 31.9 Å². The number of aryl methyl sites for hydroxylation is 1. The van der Waals surface area contributed by atoms with Crippen LogP contribution in [0, 0.1) is 6.92 Å². The van der Waals surface area contributed by atoms with Crippen LogP contribution in [0.1, 0.15) is 18.4 Å². The fraction of sp³-hybridized carbons (Fsp3) is 0.600. The van der Waals surface area contributed by atoms with E-state index in [1.165, 1.54) is 25.0 Å². The number of likely N-dealkylation sites (N-methyl/N-ethyl adjacent to an activating group) is 1. The standard InChI is InChI=1S/C15H21F3N2O/c1-12-9-13(11-14(10-12)21-15(16,17)18)19(2)7-8-20-5-3-4-6-20/h9-11H,3-8H2,1-2H3. The van der Waals surface area contributed by atoms with Crippen molar-refractivity contribution >= 4 is 5.69 Å². The third-order valence-electron chi connectivity index (χ3n) is 3.66. The first-order chi connectivity index (χ1) is 9.83. The number of anilines is 1. The second kappa shape index (κ2) is 6.56. The number of hydrogen-bond acceptors (Lipinski definition) is 3. The van der Waals surface area contributed by atoms with Crippen LogP contribution in [-0.4, -0.2) is 44.5 Å². The average molecular weight is 302 g/mol. The van der Waals surface area contributed by atoms with Gasteiger partial charge in [-0.1, -0.05) is 0 Å². The lowest BCUT2D eigenvalue weighted by Gasteiger charge is -2.24. The Morgan fingerprint density at radius 1 is 1.19 bits per heavy atom. The molecule has 0 N–H and O–H groups in total. The molecular weight excluding hydrogens is 281 g/mol. The maximum absolute atomic E-state index is 12.3. The summed E-state index contributed by atoms with van der Waals surface area (Å²) >= 11 is 0. The molecule has 0 saturated carbocycles. The molecule has 1 fully saturated rings. The van der Waals surface area contributed by atoms with Crippen molar-refractivity contribution in [2.45, 2.75) is 26.1 Å². The van der Waals surface area contributed by atoms with Gasteiger partial charge in [0.1, 0.15) is 5.75 Å². The van der Waals surface area contributed by atoms with Crippen LogP contribution >= 0.6 is 0 Å². The quantitative estimate of drug-likeness (QED) is 0.829. The van der Waals surface area contributed by atoms with Gasteiger partial charge in [-0.3, -0.25) is 0 Å². The average Bonchev–Trinajstić information content (AvgIpc) is 2.86. The zero-order valence-electron chi connectivity index (χ0n) is 12.4. The number of ether oxygens (including phenoxy) is 1. The maximum atomic E-state index is 12.3. The van der Waals surface area contributed by atoms with Crippen LogP contribution in [0.5, 0.6) is 5.75 Å². The highest BCUT2D eigenvalue weighted by atomic mass is 19.4. The van der Waals surface area contributed by atoms with E-state index >= 15 is 0 Å². The molecule has 6 heteroatoms. The summed E-state index contributed by atoms with van der Waals surface area (Å²) in [4.78, 5) is 4.34. The molecule has 0 aliphatic carbocycles. The van der Waals surface area contributed by atoms with Gasteiger partial charge in [0.25, 0.3) is 0 Å². The van der Waals surface area contributed by atoms with E-state index in [9.17, 15) is 13.2 Å². The van der Waals surface area contributed by atoms with Gasteiger partial charge < -0.3 is 14.5 Å². The minimum atomic E-state index is -4.65. The lowest BCUT2D eigenvalue weighted by atomic mass is 10.2. The number of benzene rings is 1. The number of alkyl halides is 3. The minimum absolute atomic E-state index is 0.162. The predicted octanol–water partition coefficient (Wildman–Crippen LogP) is 3.43. The predicted molar refractivity (Wildman–Crippen MR) is 76.8 cm³/mol. The van der Waals surface area contributed by atoms with E-state index in [1.807, 2.05) is 18.0 Å². The highest BCUT2D eigenvalue weighted by Crippen LogP contribution is 2.28. The Morgan fingerprint density at radius 2 is 1.86 bits per heavy atom. The topological polar surface area (TPSA) is 15.7 Å². The van der Waals surface area contributed by atoms with Gasteiger partial charge in [-0.15, -0.1) is 13.2 Å². The van der Waals surface area contributed by atoms with Crippen molar-refractivity contribution in [3.8, 4) is 5.75 Å². The first-order valence-corrected chi connectivity index (χ1v) is 7.14. The van der Waals surface area contributed by atoms with E-state index in [-0.39, 0.29) is 5.75 Å². The molecule has 0 spiro atoms. The van der Waals surface area contributed by atoms with Crippen molar-refractivity contribution in [1.29, 1.82) is 0 Å². The highest BCUT2D eigenvalue weighted by Gasteiger charge is 2.31. The second-order valence-electron chi connectivity index (χ2n) is 5.52. The van der Waals surface area contributed by atoms with Gasteiger partial charge in [-0.2, -0.15) is 0 Å². The van der Waals surface area contributed by atoms with Crippen LogP contribution in [-0.2, 0) is 0 Å². The lowest BCUT2D eigenvalue weighted by molar-refractivity contribution is -0.274. The third-order valence-corrected chi connectivity index (χ3v) is 3.66. The molecule has 3 nitrogen and oxygen atoms in total. The molecule has 0 bridgehead atoms. The van der Waals surface area contributed by atoms with Crippen LogP contribution in [0.2, 0.25) is 0 Å². The fourth-order valence-corrected chi connectivity index (χ4v) is 2.57. The fourth-order valence-electron chi connectivity index (χ4n) is 2.57. The largest absolute Gasteiger partial charge is 0.573 e. The van der Waals surface area contributed by atoms with Crippen molar-refractivity contribution in [3.05, 3.63) is 23.8 Å². The van der Waals surface area contributed by atoms with Gasteiger partial charge in [-0.05, 0) is 50.6 Å². The molecule has 2 rings (SSSR count). The zero-order chi connectivity index (χ0) is 15.5. The number of nitrogens with zero attached hydrogens (tertiary/aromatic N) is 2. The Morgan fingerprint density at radius 3 is 2.48 bits per heavy atom. The number of rotatable bonds is 5. The molecule has 118 valence electrons. The Kier molecular flexibility index (Phi) is 4.98. The number of likely N-dealkylation sites (tertiary alicyclic amines) is 1. The Bertz CT molecular complexity index is 470. The molecular formula is C15H21F3N2O. The summed E-state index contributed by atoms with van der Waals surface area (Å²) in [5.74, 6) is -0.162. The molecule has 0 atom stereocenters. The van der Waals surface area contributed by atoms with Crippen LogP contribution in [0.25, 0.3) is 0 Å². The van der Waals surface area contributed by atoms with Crippen molar-refractivity contribution in [2.24, 2.45) is 0 Å². The van der Waals surface area contributed by atoms with Crippen LogP contribution in [0.15, 0.2) is 18.2 Å². The molecule has 0 aromatic heterocycles. The Balaban J connectivity index is 2.00. The molecule has 1 heterocycles. The smallest absolute Gasteiger partial charge is 0.406 e. The van der Waals surface area contributed by atoms with Crippen LogP contribution in [0.3, 0.4) is 0 Å². The highest BCUT2D eigenvalue weighted by molar-refractivity contribution is 5.52. The molecule has 1 aromatic carbocycles.